The van der Waals surface area contributed by atoms with Gasteiger partial charge in [0.2, 0.25) is 5.91 Å². The first-order valence-corrected chi connectivity index (χ1v) is 7.73. The Hall–Kier alpha value is -1.94. The number of halogens is 2. The maximum atomic E-state index is 14.1. The Morgan fingerprint density at radius 3 is 2.55 bits per heavy atom. The molecular weight excluding hydrogens is 345 g/mol. The molecule has 0 aliphatic rings. The highest BCUT2D eigenvalue weighted by Gasteiger charge is 2.26. The molecule has 0 fully saturated rings. The number of amides is 1. The first kappa shape index (κ1) is 16.4. The van der Waals surface area contributed by atoms with Crippen molar-refractivity contribution in [2.45, 2.75) is 12.3 Å². The van der Waals surface area contributed by atoms with Crippen molar-refractivity contribution in [2.75, 3.05) is 11.9 Å². The van der Waals surface area contributed by atoms with Gasteiger partial charge in [-0.1, -0.05) is 36.4 Å². The van der Waals surface area contributed by atoms with Crippen LogP contribution < -0.4 is 4.90 Å². The Morgan fingerprint density at radius 1 is 1.27 bits per heavy atom. The van der Waals surface area contributed by atoms with E-state index in [4.69, 9.17) is 0 Å². The molecule has 0 heterocycles. The fraction of sp³-hybridized carbons (Fsp3) is 0.167. The van der Waals surface area contributed by atoms with Crippen LogP contribution in [0.3, 0.4) is 0 Å². The molecular formula is C18H17BrFNO. The summed E-state index contributed by atoms with van der Waals surface area (Å²) in [5, 5.41) is 0. The number of hydrogen-bond acceptors (Lipinski definition) is 1. The fourth-order valence-corrected chi connectivity index (χ4v) is 2.91. The third-order valence-corrected chi connectivity index (χ3v) is 4.20. The molecule has 0 spiro atoms. The molecule has 1 atom stereocenters. The number of allylic oxidation sites excluding steroid dienone is 1. The highest BCUT2D eigenvalue weighted by Crippen LogP contribution is 2.30. The summed E-state index contributed by atoms with van der Waals surface area (Å²) in [5.74, 6) is -1.13. The number of likely N-dealkylation sites (N-methyl/N-ethyl adjacent to an activating group) is 1. The molecule has 0 radical (unpaired) electrons. The predicted molar refractivity (Wildman–Crippen MR) is 91.5 cm³/mol. The van der Waals surface area contributed by atoms with Crippen LogP contribution in [-0.4, -0.2) is 13.0 Å². The van der Waals surface area contributed by atoms with Crippen molar-refractivity contribution in [2.24, 2.45) is 0 Å². The van der Waals surface area contributed by atoms with Crippen molar-refractivity contribution in [3.05, 3.63) is 77.0 Å². The van der Waals surface area contributed by atoms with Gasteiger partial charge in [-0.2, -0.15) is 0 Å². The highest BCUT2D eigenvalue weighted by molar-refractivity contribution is 9.10. The average Bonchev–Trinajstić information content (AvgIpc) is 2.53. The molecule has 1 amide bonds. The molecule has 0 saturated heterocycles. The van der Waals surface area contributed by atoms with Crippen LogP contribution >= 0.6 is 15.9 Å². The minimum Gasteiger partial charge on any atom is -0.314 e. The van der Waals surface area contributed by atoms with E-state index < -0.39 is 5.92 Å². The monoisotopic (exact) mass is 361 g/mol. The van der Waals surface area contributed by atoms with Crippen molar-refractivity contribution in [3.63, 3.8) is 0 Å². The Bertz CT molecular complexity index is 686. The highest BCUT2D eigenvalue weighted by atomic mass is 79.9. The molecule has 2 aromatic carbocycles. The molecule has 0 bridgehead atoms. The largest absolute Gasteiger partial charge is 0.314 e. The van der Waals surface area contributed by atoms with E-state index in [0.717, 1.165) is 10.2 Å². The van der Waals surface area contributed by atoms with Crippen LogP contribution in [0, 0.1) is 5.82 Å². The minimum absolute atomic E-state index is 0.170. The van der Waals surface area contributed by atoms with Crippen LogP contribution in [0.5, 0.6) is 0 Å². The topological polar surface area (TPSA) is 20.3 Å². The van der Waals surface area contributed by atoms with E-state index >= 15 is 0 Å². The zero-order valence-corrected chi connectivity index (χ0v) is 13.9. The van der Waals surface area contributed by atoms with E-state index in [1.165, 1.54) is 6.07 Å². The molecule has 2 rings (SSSR count). The molecule has 0 saturated carbocycles. The van der Waals surface area contributed by atoms with E-state index in [9.17, 15) is 9.18 Å². The standard InChI is InChI=1S/C18H17BrFNO/c1-3-8-14(13-9-4-6-11-16(13)20)18(22)21(2)17-12-7-5-10-15(17)19/h3-7,9-12,14H,1,8H2,2H3. The van der Waals surface area contributed by atoms with Gasteiger partial charge in [-0.3, -0.25) is 4.79 Å². The van der Waals surface area contributed by atoms with Gasteiger partial charge in [0.15, 0.2) is 0 Å². The third-order valence-electron chi connectivity index (χ3n) is 3.53. The van der Waals surface area contributed by atoms with Crippen molar-refractivity contribution in [1.29, 1.82) is 0 Å². The molecule has 2 nitrogen and oxygen atoms in total. The number of benzene rings is 2. The summed E-state index contributed by atoms with van der Waals surface area (Å²) in [6.07, 6.45) is 2.03. The lowest BCUT2D eigenvalue weighted by Gasteiger charge is -2.24. The van der Waals surface area contributed by atoms with E-state index in [2.05, 4.69) is 22.5 Å². The summed E-state index contributed by atoms with van der Waals surface area (Å²) in [4.78, 5) is 14.4. The first-order valence-electron chi connectivity index (χ1n) is 6.93. The van der Waals surface area contributed by atoms with Gasteiger partial charge in [0.05, 0.1) is 11.6 Å². The third kappa shape index (κ3) is 3.45. The molecule has 4 heteroatoms. The average molecular weight is 362 g/mol. The van der Waals surface area contributed by atoms with E-state index in [0.29, 0.717) is 12.0 Å². The van der Waals surface area contributed by atoms with E-state index in [-0.39, 0.29) is 11.7 Å². The lowest BCUT2D eigenvalue weighted by molar-refractivity contribution is -0.119. The first-order chi connectivity index (χ1) is 10.6. The summed E-state index contributed by atoms with van der Waals surface area (Å²) in [6, 6.07) is 13.8. The summed E-state index contributed by atoms with van der Waals surface area (Å²) in [6.45, 7) is 3.69. The smallest absolute Gasteiger partial charge is 0.234 e. The number of para-hydroxylation sites is 1. The van der Waals surface area contributed by atoms with Crippen molar-refractivity contribution in [1.82, 2.24) is 0 Å². The van der Waals surface area contributed by atoms with Crippen LogP contribution in [-0.2, 0) is 4.79 Å². The van der Waals surface area contributed by atoms with Gasteiger partial charge in [0.25, 0.3) is 0 Å². The van der Waals surface area contributed by atoms with Crippen molar-refractivity contribution < 1.29 is 9.18 Å². The van der Waals surface area contributed by atoms with Gasteiger partial charge < -0.3 is 4.90 Å². The molecule has 0 aromatic heterocycles. The fourth-order valence-electron chi connectivity index (χ4n) is 2.36. The Kier molecular flexibility index (Phi) is 5.50. The second-order valence-electron chi connectivity index (χ2n) is 4.95. The Morgan fingerprint density at radius 2 is 1.91 bits per heavy atom. The summed E-state index contributed by atoms with van der Waals surface area (Å²) >= 11 is 3.44. The van der Waals surface area contributed by atoms with Crippen LogP contribution in [0.1, 0.15) is 17.9 Å². The van der Waals surface area contributed by atoms with Gasteiger partial charge in [-0.25, -0.2) is 4.39 Å². The van der Waals surface area contributed by atoms with Gasteiger partial charge in [0, 0.05) is 17.1 Å². The number of carbonyl (C=O) groups excluding carboxylic acids is 1. The normalized spacial score (nSPS) is 11.8. The van der Waals surface area contributed by atoms with Gasteiger partial charge in [-0.15, -0.1) is 6.58 Å². The second kappa shape index (κ2) is 7.36. The van der Waals surface area contributed by atoms with Crippen molar-refractivity contribution in [3.8, 4) is 0 Å². The molecule has 22 heavy (non-hydrogen) atoms. The molecule has 1 unspecified atom stereocenters. The summed E-state index contributed by atoms with van der Waals surface area (Å²) in [5.41, 5.74) is 1.14. The lowest BCUT2D eigenvalue weighted by atomic mass is 9.93. The number of hydrogen-bond donors (Lipinski definition) is 0. The lowest BCUT2D eigenvalue weighted by Crippen LogP contribution is -2.32. The quantitative estimate of drug-likeness (QED) is 0.692. The van der Waals surface area contributed by atoms with Crippen LogP contribution in [0.4, 0.5) is 10.1 Å². The molecule has 0 aliphatic heterocycles. The second-order valence-corrected chi connectivity index (χ2v) is 5.80. The zero-order chi connectivity index (χ0) is 16.1. The van der Waals surface area contributed by atoms with Crippen LogP contribution in [0.15, 0.2) is 65.7 Å². The summed E-state index contributed by atoms with van der Waals surface area (Å²) in [7, 11) is 1.69. The van der Waals surface area contributed by atoms with Gasteiger partial charge in [-0.05, 0) is 40.5 Å². The SMILES string of the molecule is C=CCC(C(=O)N(C)c1ccccc1Br)c1ccccc1F. The van der Waals surface area contributed by atoms with E-state index in [1.807, 2.05) is 24.3 Å². The van der Waals surface area contributed by atoms with Gasteiger partial charge in [0.1, 0.15) is 5.82 Å². The molecule has 114 valence electrons. The predicted octanol–water partition coefficient (Wildman–Crippen LogP) is 4.91. The van der Waals surface area contributed by atoms with Crippen molar-refractivity contribution >= 4 is 27.5 Å². The number of rotatable bonds is 5. The zero-order valence-electron chi connectivity index (χ0n) is 12.3. The maximum Gasteiger partial charge on any atom is 0.234 e. The molecule has 2 aromatic rings. The number of nitrogens with zero attached hydrogens (tertiary/aromatic N) is 1. The molecule has 0 N–H and O–H groups in total. The van der Waals surface area contributed by atoms with Gasteiger partial charge >= 0.3 is 0 Å². The van der Waals surface area contributed by atoms with E-state index in [1.54, 1.807) is 36.2 Å². The maximum absolute atomic E-state index is 14.1. The Labute approximate surface area is 138 Å². The number of anilines is 1. The number of carbonyl (C=O) groups is 1. The summed E-state index contributed by atoms with van der Waals surface area (Å²) < 4.78 is 14.9. The van der Waals surface area contributed by atoms with Crippen LogP contribution in [0.2, 0.25) is 0 Å². The molecule has 0 aliphatic carbocycles. The van der Waals surface area contributed by atoms with Crippen LogP contribution in [0.25, 0.3) is 0 Å². The Balaban J connectivity index is 2.37. The minimum atomic E-state index is -0.587.